The summed E-state index contributed by atoms with van der Waals surface area (Å²) >= 11 is 7.40. The van der Waals surface area contributed by atoms with E-state index in [1.165, 1.54) is 15.8 Å². The summed E-state index contributed by atoms with van der Waals surface area (Å²) in [6.07, 6.45) is 1.80. The maximum Gasteiger partial charge on any atom is 0.203 e. The largest absolute Gasteiger partial charge is 0.281 e. The minimum Gasteiger partial charge on any atom is -0.281 e. The summed E-state index contributed by atoms with van der Waals surface area (Å²) in [5.41, 5.74) is 4.53. The number of rotatable bonds is 5. The van der Waals surface area contributed by atoms with E-state index in [-0.39, 0.29) is 0 Å². The van der Waals surface area contributed by atoms with E-state index in [4.69, 9.17) is 17.2 Å². The van der Waals surface area contributed by atoms with Crippen LogP contribution in [0.1, 0.15) is 16.1 Å². The lowest BCUT2D eigenvalue weighted by Gasteiger charge is -2.14. The molecule has 0 aliphatic rings. The molecular formula is C20H21N5S2. The second kappa shape index (κ2) is 7.34. The van der Waals surface area contributed by atoms with Gasteiger partial charge in [-0.25, -0.2) is 9.67 Å². The first-order valence-electron chi connectivity index (χ1n) is 8.76. The molecule has 2 aromatic carbocycles. The predicted octanol–water partition coefficient (Wildman–Crippen LogP) is 4.72. The minimum absolute atomic E-state index is 0.618. The van der Waals surface area contributed by atoms with Crippen LogP contribution < -0.4 is 0 Å². The molecular weight excluding hydrogens is 374 g/mol. The SMILES string of the molecule is Cc1ccc(C)c(-n2cnn(CN(C)Cc3nc4ccccc4s3)c2=S)c1. The van der Waals surface area contributed by atoms with E-state index in [1.54, 1.807) is 17.7 Å². The van der Waals surface area contributed by atoms with Crippen LogP contribution in [0.15, 0.2) is 48.8 Å². The van der Waals surface area contributed by atoms with Gasteiger partial charge in [0.05, 0.1) is 29.1 Å². The van der Waals surface area contributed by atoms with Crippen LogP contribution in [0.5, 0.6) is 0 Å². The van der Waals surface area contributed by atoms with Gasteiger partial charge in [-0.3, -0.25) is 9.47 Å². The molecule has 7 heteroatoms. The van der Waals surface area contributed by atoms with Crippen molar-refractivity contribution in [3.63, 3.8) is 0 Å². The van der Waals surface area contributed by atoms with Crippen LogP contribution >= 0.6 is 23.6 Å². The average Bonchev–Trinajstić information content (AvgIpc) is 3.20. The van der Waals surface area contributed by atoms with Crippen LogP contribution in [0.2, 0.25) is 0 Å². The van der Waals surface area contributed by atoms with E-state index in [9.17, 15) is 0 Å². The highest BCUT2D eigenvalue weighted by atomic mass is 32.1. The summed E-state index contributed by atoms with van der Waals surface area (Å²) in [7, 11) is 2.06. The van der Waals surface area contributed by atoms with E-state index in [0.29, 0.717) is 11.4 Å². The maximum absolute atomic E-state index is 5.67. The van der Waals surface area contributed by atoms with Crippen molar-refractivity contribution < 1.29 is 0 Å². The summed E-state index contributed by atoms with van der Waals surface area (Å²) in [5.74, 6) is 0. The number of benzene rings is 2. The molecule has 27 heavy (non-hydrogen) atoms. The van der Waals surface area contributed by atoms with Crippen LogP contribution in [-0.4, -0.2) is 31.3 Å². The van der Waals surface area contributed by atoms with Crippen LogP contribution in [0.4, 0.5) is 0 Å². The summed E-state index contributed by atoms with van der Waals surface area (Å²) < 4.78 is 5.74. The summed E-state index contributed by atoms with van der Waals surface area (Å²) in [5, 5.41) is 5.60. The molecule has 0 amide bonds. The number of hydrogen-bond donors (Lipinski definition) is 0. The molecule has 0 aliphatic heterocycles. The Kier molecular flexibility index (Phi) is 4.90. The van der Waals surface area contributed by atoms with Crippen molar-refractivity contribution in [2.24, 2.45) is 0 Å². The fourth-order valence-electron chi connectivity index (χ4n) is 3.08. The molecule has 0 saturated carbocycles. The Morgan fingerprint density at radius 1 is 1.15 bits per heavy atom. The van der Waals surface area contributed by atoms with E-state index in [0.717, 1.165) is 22.8 Å². The van der Waals surface area contributed by atoms with E-state index in [2.05, 4.69) is 61.2 Å². The highest BCUT2D eigenvalue weighted by Gasteiger charge is 2.11. The Bertz CT molecular complexity index is 1120. The van der Waals surface area contributed by atoms with Gasteiger partial charge in [-0.2, -0.15) is 5.10 Å². The lowest BCUT2D eigenvalue weighted by molar-refractivity contribution is 0.244. The molecule has 0 radical (unpaired) electrons. The quantitative estimate of drug-likeness (QED) is 0.458. The molecule has 0 unspecified atom stereocenters. The zero-order chi connectivity index (χ0) is 19.0. The van der Waals surface area contributed by atoms with Gasteiger partial charge in [-0.05, 0) is 62.4 Å². The highest BCUT2D eigenvalue weighted by molar-refractivity contribution is 7.71. The van der Waals surface area contributed by atoms with Crippen LogP contribution in [0, 0.1) is 18.6 Å². The van der Waals surface area contributed by atoms with Gasteiger partial charge >= 0.3 is 0 Å². The Morgan fingerprint density at radius 3 is 2.78 bits per heavy atom. The molecule has 0 fully saturated rings. The molecule has 0 aliphatic carbocycles. The van der Waals surface area contributed by atoms with Gasteiger partial charge in [-0.1, -0.05) is 24.3 Å². The monoisotopic (exact) mass is 395 g/mol. The van der Waals surface area contributed by atoms with E-state index < -0.39 is 0 Å². The first-order chi connectivity index (χ1) is 13.0. The lowest BCUT2D eigenvalue weighted by atomic mass is 10.1. The third kappa shape index (κ3) is 3.71. The molecule has 0 atom stereocenters. The Morgan fingerprint density at radius 2 is 1.96 bits per heavy atom. The molecule has 138 valence electrons. The van der Waals surface area contributed by atoms with Crippen LogP contribution in [0.3, 0.4) is 0 Å². The Balaban J connectivity index is 1.53. The summed E-state index contributed by atoms with van der Waals surface area (Å²) in [6, 6.07) is 14.6. The predicted molar refractivity (Wildman–Crippen MR) is 113 cm³/mol. The molecule has 0 saturated heterocycles. The number of aryl methyl sites for hydroxylation is 2. The molecule has 0 spiro atoms. The van der Waals surface area contributed by atoms with Crippen molar-refractivity contribution in [1.29, 1.82) is 0 Å². The van der Waals surface area contributed by atoms with Gasteiger partial charge in [-0.15, -0.1) is 11.3 Å². The molecule has 5 nitrogen and oxygen atoms in total. The molecule has 0 N–H and O–H groups in total. The van der Waals surface area contributed by atoms with Crippen molar-refractivity contribution in [2.45, 2.75) is 27.1 Å². The Labute approximate surface area is 167 Å². The number of para-hydroxylation sites is 1. The van der Waals surface area contributed by atoms with Gasteiger partial charge < -0.3 is 0 Å². The number of fused-ring (bicyclic) bond motifs is 1. The normalized spacial score (nSPS) is 11.6. The third-order valence-corrected chi connectivity index (χ3v) is 5.90. The summed E-state index contributed by atoms with van der Waals surface area (Å²) in [4.78, 5) is 6.88. The van der Waals surface area contributed by atoms with E-state index >= 15 is 0 Å². The summed E-state index contributed by atoms with van der Waals surface area (Å²) in [6.45, 7) is 5.56. The zero-order valence-electron chi connectivity index (χ0n) is 15.6. The maximum atomic E-state index is 5.67. The fraction of sp³-hybridized carbons (Fsp3) is 0.250. The zero-order valence-corrected chi connectivity index (χ0v) is 17.2. The molecule has 0 bridgehead atoms. The van der Waals surface area contributed by atoms with Gasteiger partial charge in [0, 0.05) is 0 Å². The standard InChI is InChI=1S/C20H21N5S2/c1-14-8-9-15(2)17(10-14)24-12-21-25(20(24)26)13-23(3)11-19-22-16-6-4-5-7-18(16)27-19/h4-10,12H,11,13H2,1-3H3. The second-order valence-electron chi connectivity index (χ2n) is 6.80. The number of hydrogen-bond acceptors (Lipinski definition) is 5. The minimum atomic E-state index is 0.618. The number of nitrogens with zero attached hydrogens (tertiary/aromatic N) is 5. The molecule has 2 heterocycles. The third-order valence-electron chi connectivity index (χ3n) is 4.48. The van der Waals surface area contributed by atoms with Crippen molar-refractivity contribution in [2.75, 3.05) is 7.05 Å². The van der Waals surface area contributed by atoms with Crippen molar-refractivity contribution in [1.82, 2.24) is 24.2 Å². The van der Waals surface area contributed by atoms with Crippen molar-refractivity contribution in [3.8, 4) is 5.69 Å². The first kappa shape index (κ1) is 18.0. The highest BCUT2D eigenvalue weighted by Crippen LogP contribution is 2.22. The average molecular weight is 396 g/mol. The second-order valence-corrected chi connectivity index (χ2v) is 8.28. The topological polar surface area (TPSA) is 38.9 Å². The van der Waals surface area contributed by atoms with Gasteiger partial charge in [0.2, 0.25) is 4.77 Å². The van der Waals surface area contributed by atoms with Crippen molar-refractivity contribution in [3.05, 3.63) is 69.7 Å². The van der Waals surface area contributed by atoms with Crippen LogP contribution in [0.25, 0.3) is 15.9 Å². The van der Waals surface area contributed by atoms with E-state index in [1.807, 2.05) is 21.4 Å². The molecule has 2 aromatic heterocycles. The Hall–Kier alpha value is -2.35. The van der Waals surface area contributed by atoms with Gasteiger partial charge in [0.25, 0.3) is 0 Å². The van der Waals surface area contributed by atoms with Crippen molar-refractivity contribution >= 4 is 33.8 Å². The van der Waals surface area contributed by atoms with Crippen LogP contribution in [-0.2, 0) is 13.2 Å². The number of aromatic nitrogens is 4. The smallest absolute Gasteiger partial charge is 0.203 e. The molecule has 4 rings (SSSR count). The lowest BCUT2D eigenvalue weighted by Crippen LogP contribution is -2.22. The molecule has 4 aromatic rings. The number of thiazole rings is 1. The first-order valence-corrected chi connectivity index (χ1v) is 9.99. The van der Waals surface area contributed by atoms with Gasteiger partial charge in [0.1, 0.15) is 11.3 Å². The fourth-order valence-corrected chi connectivity index (χ4v) is 4.37. The van der Waals surface area contributed by atoms with Gasteiger partial charge in [0.15, 0.2) is 0 Å².